The standard InChI is InChI=1S/C13H22ClN3O3S/c1-9(7-18)5-15-6-12-10(2)16-17(13(12)14)11-3-4-21(19,20)8-11/h9,11,15,18H,3-8H2,1-2H3/t9-,11-/m1/s1. The molecule has 6 nitrogen and oxygen atoms in total. The maximum atomic E-state index is 11.6. The second-order valence-corrected chi connectivity index (χ2v) is 8.36. The molecular weight excluding hydrogens is 314 g/mol. The molecule has 0 aromatic carbocycles. The van der Waals surface area contributed by atoms with Crippen LogP contribution < -0.4 is 5.32 Å². The highest BCUT2D eigenvalue weighted by atomic mass is 35.5. The quantitative estimate of drug-likeness (QED) is 0.807. The number of aliphatic hydroxyl groups is 1. The van der Waals surface area contributed by atoms with E-state index in [-0.39, 0.29) is 30.1 Å². The van der Waals surface area contributed by atoms with Crippen LogP contribution in [0.1, 0.15) is 30.6 Å². The zero-order valence-electron chi connectivity index (χ0n) is 12.3. The number of sulfone groups is 1. The SMILES string of the molecule is Cc1nn([C@@H]2CCS(=O)(=O)C2)c(Cl)c1CNC[C@@H](C)CO. The fraction of sp³-hybridized carbons (Fsp3) is 0.769. The van der Waals surface area contributed by atoms with Gasteiger partial charge in [0.2, 0.25) is 0 Å². The molecule has 1 aromatic rings. The van der Waals surface area contributed by atoms with Crippen molar-refractivity contribution in [1.29, 1.82) is 0 Å². The van der Waals surface area contributed by atoms with Crippen molar-refractivity contribution in [2.75, 3.05) is 24.7 Å². The van der Waals surface area contributed by atoms with Crippen LogP contribution in [0.5, 0.6) is 0 Å². The van der Waals surface area contributed by atoms with E-state index in [0.29, 0.717) is 24.7 Å². The van der Waals surface area contributed by atoms with E-state index in [4.69, 9.17) is 16.7 Å². The first-order valence-corrected chi connectivity index (χ1v) is 9.29. The number of halogens is 1. The van der Waals surface area contributed by atoms with Crippen molar-refractivity contribution in [2.24, 2.45) is 5.92 Å². The number of aromatic nitrogens is 2. The Balaban J connectivity index is 2.07. The minimum Gasteiger partial charge on any atom is -0.396 e. The average Bonchev–Trinajstić information content (AvgIpc) is 2.91. The van der Waals surface area contributed by atoms with Crippen molar-refractivity contribution in [3.05, 3.63) is 16.4 Å². The first-order valence-electron chi connectivity index (χ1n) is 7.09. The van der Waals surface area contributed by atoms with Crippen molar-refractivity contribution in [3.8, 4) is 0 Å². The van der Waals surface area contributed by atoms with Crippen LogP contribution in [0.4, 0.5) is 0 Å². The lowest BCUT2D eigenvalue weighted by Gasteiger charge is -2.11. The van der Waals surface area contributed by atoms with Gasteiger partial charge in [-0.3, -0.25) is 0 Å². The molecule has 1 fully saturated rings. The van der Waals surface area contributed by atoms with Crippen LogP contribution in [-0.4, -0.2) is 48.0 Å². The lowest BCUT2D eigenvalue weighted by Crippen LogP contribution is -2.23. The summed E-state index contributed by atoms with van der Waals surface area (Å²) < 4.78 is 24.8. The van der Waals surface area contributed by atoms with Gasteiger partial charge in [-0.05, 0) is 19.3 Å². The molecule has 1 aromatic heterocycles. The lowest BCUT2D eigenvalue weighted by molar-refractivity contribution is 0.233. The van der Waals surface area contributed by atoms with E-state index in [1.165, 1.54) is 0 Å². The molecule has 1 aliphatic heterocycles. The fourth-order valence-electron chi connectivity index (χ4n) is 2.47. The molecule has 2 atom stereocenters. The maximum Gasteiger partial charge on any atom is 0.152 e. The van der Waals surface area contributed by atoms with E-state index in [0.717, 1.165) is 11.3 Å². The van der Waals surface area contributed by atoms with Gasteiger partial charge in [0.25, 0.3) is 0 Å². The monoisotopic (exact) mass is 335 g/mol. The predicted molar refractivity (Wildman–Crippen MR) is 82.2 cm³/mol. The summed E-state index contributed by atoms with van der Waals surface area (Å²) in [7, 11) is -2.96. The van der Waals surface area contributed by atoms with Gasteiger partial charge in [-0.15, -0.1) is 0 Å². The van der Waals surface area contributed by atoms with Crippen LogP contribution in [0.15, 0.2) is 0 Å². The van der Waals surface area contributed by atoms with Gasteiger partial charge in [-0.2, -0.15) is 5.10 Å². The number of hydrogen-bond donors (Lipinski definition) is 2. The number of hydrogen-bond acceptors (Lipinski definition) is 5. The topological polar surface area (TPSA) is 84.2 Å². The first kappa shape index (κ1) is 16.7. The van der Waals surface area contributed by atoms with Gasteiger partial charge in [0.05, 0.1) is 23.2 Å². The van der Waals surface area contributed by atoms with Crippen LogP contribution in [0.3, 0.4) is 0 Å². The van der Waals surface area contributed by atoms with E-state index < -0.39 is 9.84 Å². The van der Waals surface area contributed by atoms with Crippen molar-refractivity contribution in [3.63, 3.8) is 0 Å². The molecule has 2 N–H and O–H groups in total. The highest BCUT2D eigenvalue weighted by molar-refractivity contribution is 7.91. The molecule has 0 radical (unpaired) electrons. The number of nitrogens with one attached hydrogen (secondary N) is 1. The van der Waals surface area contributed by atoms with Gasteiger partial charge in [0.15, 0.2) is 9.84 Å². The van der Waals surface area contributed by atoms with Gasteiger partial charge in [-0.1, -0.05) is 18.5 Å². The third-order valence-corrected chi connectivity index (χ3v) is 5.96. The molecule has 0 spiro atoms. The Morgan fingerprint density at radius 2 is 2.29 bits per heavy atom. The molecule has 8 heteroatoms. The van der Waals surface area contributed by atoms with Crippen molar-refractivity contribution >= 4 is 21.4 Å². The lowest BCUT2D eigenvalue weighted by atomic mass is 10.2. The molecule has 0 aliphatic carbocycles. The summed E-state index contributed by atoms with van der Waals surface area (Å²) in [5, 5.41) is 17.2. The molecule has 0 amide bonds. The molecule has 1 saturated heterocycles. The van der Waals surface area contributed by atoms with E-state index in [9.17, 15) is 8.42 Å². The smallest absolute Gasteiger partial charge is 0.152 e. The molecule has 1 aliphatic rings. The summed E-state index contributed by atoms with van der Waals surface area (Å²) in [6.45, 7) is 5.22. The van der Waals surface area contributed by atoms with E-state index >= 15 is 0 Å². The number of aliphatic hydroxyl groups excluding tert-OH is 1. The summed E-state index contributed by atoms with van der Waals surface area (Å²) in [5.74, 6) is 0.496. The second-order valence-electron chi connectivity index (χ2n) is 5.77. The molecule has 21 heavy (non-hydrogen) atoms. The highest BCUT2D eigenvalue weighted by Gasteiger charge is 2.31. The molecule has 0 saturated carbocycles. The number of rotatable bonds is 6. The Kier molecular flexibility index (Phi) is 5.29. The first-order chi connectivity index (χ1) is 9.84. The predicted octanol–water partition coefficient (Wildman–Crippen LogP) is 0.923. The Labute approximate surface area is 130 Å². The Morgan fingerprint density at radius 1 is 1.57 bits per heavy atom. The van der Waals surface area contributed by atoms with Crippen molar-refractivity contribution in [2.45, 2.75) is 32.9 Å². The van der Waals surface area contributed by atoms with Crippen LogP contribution in [0.25, 0.3) is 0 Å². The largest absolute Gasteiger partial charge is 0.396 e. The molecule has 0 bridgehead atoms. The zero-order chi connectivity index (χ0) is 15.6. The van der Waals surface area contributed by atoms with E-state index in [1.807, 2.05) is 13.8 Å². The number of aryl methyl sites for hydroxylation is 1. The maximum absolute atomic E-state index is 11.6. The van der Waals surface area contributed by atoms with Gasteiger partial charge >= 0.3 is 0 Å². The second kappa shape index (κ2) is 6.64. The van der Waals surface area contributed by atoms with Gasteiger partial charge in [-0.25, -0.2) is 13.1 Å². The summed E-state index contributed by atoms with van der Waals surface area (Å²) >= 11 is 6.37. The third kappa shape index (κ3) is 3.97. The Bertz CT molecular complexity index is 600. The number of nitrogens with zero attached hydrogens (tertiary/aromatic N) is 2. The molecular formula is C13H22ClN3O3S. The van der Waals surface area contributed by atoms with Crippen molar-refractivity contribution < 1.29 is 13.5 Å². The fourth-order valence-corrected chi connectivity index (χ4v) is 4.54. The Morgan fingerprint density at radius 3 is 2.86 bits per heavy atom. The summed E-state index contributed by atoms with van der Waals surface area (Å²) in [6, 6.07) is -0.161. The van der Waals surface area contributed by atoms with Gasteiger partial charge < -0.3 is 10.4 Å². The van der Waals surface area contributed by atoms with Crippen molar-refractivity contribution in [1.82, 2.24) is 15.1 Å². The van der Waals surface area contributed by atoms with Gasteiger partial charge in [0.1, 0.15) is 5.15 Å². The van der Waals surface area contributed by atoms with Gasteiger partial charge in [0, 0.05) is 25.3 Å². The molecule has 2 heterocycles. The van der Waals surface area contributed by atoms with E-state index in [2.05, 4.69) is 10.4 Å². The molecule has 0 unspecified atom stereocenters. The minimum atomic E-state index is -2.96. The normalized spacial score (nSPS) is 22.6. The summed E-state index contributed by atoms with van der Waals surface area (Å²) in [4.78, 5) is 0. The molecule has 120 valence electrons. The van der Waals surface area contributed by atoms with Crippen LogP contribution in [0, 0.1) is 12.8 Å². The minimum absolute atomic E-state index is 0.113. The summed E-state index contributed by atoms with van der Waals surface area (Å²) in [5.41, 5.74) is 1.71. The zero-order valence-corrected chi connectivity index (χ0v) is 13.9. The molecule has 2 rings (SSSR count). The van der Waals surface area contributed by atoms with Crippen LogP contribution >= 0.6 is 11.6 Å². The van der Waals surface area contributed by atoms with Crippen LogP contribution in [0.2, 0.25) is 5.15 Å². The third-order valence-electron chi connectivity index (χ3n) is 3.81. The van der Waals surface area contributed by atoms with Crippen LogP contribution in [-0.2, 0) is 16.4 Å². The highest BCUT2D eigenvalue weighted by Crippen LogP contribution is 2.29. The van der Waals surface area contributed by atoms with E-state index in [1.54, 1.807) is 4.68 Å². The average molecular weight is 336 g/mol. The Hall–Kier alpha value is -0.630. The summed E-state index contributed by atoms with van der Waals surface area (Å²) in [6.07, 6.45) is 0.567.